The number of nitrogens with two attached hydrogens (primary N) is 1. The first-order chi connectivity index (χ1) is 11.2. The Morgan fingerprint density at radius 2 is 2.32 bits per heavy atom. The first-order valence-electron chi connectivity index (χ1n) is 6.85. The predicted molar refractivity (Wildman–Crippen MR) is 81.5 cm³/mol. The largest absolute Gasteiger partial charge is 0.397 e. The Hall–Kier alpha value is -2.68. The number of amides is 1. The molecule has 7 nitrogen and oxygen atoms in total. The fraction of sp³-hybridized carbons (Fsp3) is 0.0769. The number of nitro benzene ring substituents is 1. The molecule has 9 heteroatoms. The number of benzene rings is 1. The van der Waals surface area contributed by atoms with Crippen LogP contribution in [0.4, 0.5) is 21.5 Å². The van der Waals surface area contributed by atoms with Crippen LogP contribution in [0.1, 0.15) is 13.2 Å². The van der Waals surface area contributed by atoms with E-state index in [1.165, 1.54) is 18.3 Å². The molecule has 114 valence electrons. The van der Waals surface area contributed by atoms with Gasteiger partial charge in [0.25, 0.3) is 11.6 Å². The molecule has 1 amide bonds. The molecule has 0 aliphatic heterocycles. The van der Waals surface area contributed by atoms with Crippen LogP contribution in [-0.2, 0) is 0 Å². The minimum Gasteiger partial charge on any atom is -0.397 e. The molecule has 0 atom stereocenters. The second-order valence-corrected chi connectivity index (χ2v) is 4.81. The second kappa shape index (κ2) is 6.85. The average molecular weight is 324 g/mol. The maximum absolute atomic E-state index is 13.2. The fourth-order valence-corrected chi connectivity index (χ4v) is 2.18. The lowest BCUT2D eigenvalue weighted by Gasteiger charge is -2.08. The zero-order valence-electron chi connectivity index (χ0n) is 12.9. The van der Waals surface area contributed by atoms with Crippen LogP contribution < -0.4 is 11.1 Å². The topological polar surface area (TPSA) is 111 Å². The van der Waals surface area contributed by atoms with Gasteiger partial charge in [0.05, 0.1) is 18.2 Å². The summed E-state index contributed by atoms with van der Waals surface area (Å²) in [6.07, 6.45) is 1.38. The van der Waals surface area contributed by atoms with E-state index >= 15 is 0 Å². The number of nitrogen functional groups attached to an aromatic ring is 1. The molecule has 0 radical (unpaired) electrons. The summed E-state index contributed by atoms with van der Waals surface area (Å²) >= 11 is 0.0293. The van der Waals surface area contributed by atoms with Gasteiger partial charge in [-0.1, -0.05) is 11.8 Å². The number of nitrogens with one attached hydrogen (secondary N) is 1. The van der Waals surface area contributed by atoms with Crippen LogP contribution in [0.25, 0.3) is 0 Å². The van der Waals surface area contributed by atoms with E-state index in [1.807, 2.05) is 0 Å². The molecule has 1 aromatic carbocycles. The van der Waals surface area contributed by atoms with E-state index in [-0.39, 0.29) is 33.7 Å². The summed E-state index contributed by atoms with van der Waals surface area (Å²) in [4.78, 5) is 25.8. The number of aromatic nitrogens is 1. The molecule has 0 saturated heterocycles. The number of anilines is 2. The molecule has 2 aromatic rings. The summed E-state index contributed by atoms with van der Waals surface area (Å²) in [5.74, 6) is -3.86. The van der Waals surface area contributed by atoms with Crippen LogP contribution in [0.2, 0.25) is 0 Å². The highest BCUT2D eigenvalue weighted by molar-refractivity contribution is 7.99. The molecule has 0 aliphatic rings. The van der Waals surface area contributed by atoms with Crippen LogP contribution in [0.5, 0.6) is 0 Å². The van der Waals surface area contributed by atoms with Crippen molar-refractivity contribution in [1.29, 1.82) is 0 Å². The number of carbonyl (C=O) groups excluding carboxylic acids is 1. The summed E-state index contributed by atoms with van der Waals surface area (Å²) in [5, 5.41) is 13.4. The minimum absolute atomic E-state index is 0.0293. The SMILES string of the molecule is [2H]C([2H])(F)Sc1cc(NC(=O)c2ncccc2N)ccc1[N+](=O)[O-]. The van der Waals surface area contributed by atoms with E-state index in [4.69, 9.17) is 8.48 Å². The van der Waals surface area contributed by atoms with Crippen molar-refractivity contribution < 1.29 is 16.8 Å². The summed E-state index contributed by atoms with van der Waals surface area (Å²) < 4.78 is 27.0. The van der Waals surface area contributed by atoms with Crippen molar-refractivity contribution in [3.8, 4) is 0 Å². The van der Waals surface area contributed by atoms with Crippen molar-refractivity contribution >= 4 is 34.7 Å². The molecule has 0 bridgehead atoms. The van der Waals surface area contributed by atoms with Gasteiger partial charge in [-0.2, -0.15) is 0 Å². The highest BCUT2D eigenvalue weighted by Gasteiger charge is 2.17. The van der Waals surface area contributed by atoms with Gasteiger partial charge in [0, 0.05) is 18.0 Å². The first kappa shape index (κ1) is 13.0. The Morgan fingerprint density at radius 3 is 2.95 bits per heavy atom. The number of thioether (sulfide) groups is 1. The molecule has 1 heterocycles. The summed E-state index contributed by atoms with van der Waals surface area (Å²) in [6.45, 7) is 0. The van der Waals surface area contributed by atoms with Gasteiger partial charge in [-0.15, -0.1) is 0 Å². The van der Waals surface area contributed by atoms with Crippen LogP contribution in [0.15, 0.2) is 41.4 Å². The average Bonchev–Trinajstić information content (AvgIpc) is 2.45. The molecule has 0 saturated carbocycles. The number of halogens is 1. The minimum atomic E-state index is -3.21. The Kier molecular flexibility index (Phi) is 4.05. The third-order valence-electron chi connectivity index (χ3n) is 2.62. The molecular weight excluding hydrogens is 311 g/mol. The smallest absolute Gasteiger partial charge is 0.283 e. The van der Waals surface area contributed by atoms with Crippen LogP contribution >= 0.6 is 11.8 Å². The molecule has 0 unspecified atom stereocenters. The number of rotatable bonds is 5. The van der Waals surface area contributed by atoms with Crippen LogP contribution in [0, 0.1) is 10.1 Å². The molecule has 2 rings (SSSR count). The van der Waals surface area contributed by atoms with E-state index < -0.39 is 22.5 Å². The van der Waals surface area contributed by atoms with Gasteiger partial charge in [0.15, 0.2) is 5.69 Å². The lowest BCUT2D eigenvalue weighted by Crippen LogP contribution is -2.15. The number of nitro groups is 1. The van der Waals surface area contributed by atoms with Crippen LogP contribution in [-0.4, -0.2) is 21.8 Å². The van der Waals surface area contributed by atoms with Crippen LogP contribution in [0.3, 0.4) is 0 Å². The predicted octanol–water partition coefficient (Wildman–Crippen LogP) is 2.84. The van der Waals surface area contributed by atoms with Gasteiger partial charge in [0.1, 0.15) is 5.96 Å². The van der Waals surface area contributed by atoms with Crippen molar-refractivity contribution in [3.63, 3.8) is 0 Å². The van der Waals surface area contributed by atoms with E-state index in [1.54, 1.807) is 6.07 Å². The van der Waals surface area contributed by atoms with Gasteiger partial charge >= 0.3 is 0 Å². The van der Waals surface area contributed by atoms with Crippen molar-refractivity contribution in [3.05, 3.63) is 52.3 Å². The fourth-order valence-electron chi connectivity index (χ4n) is 1.66. The molecule has 22 heavy (non-hydrogen) atoms. The van der Waals surface area contributed by atoms with E-state index in [0.29, 0.717) is 0 Å². The third kappa shape index (κ3) is 3.50. The summed E-state index contributed by atoms with van der Waals surface area (Å²) in [6, 6.07) is 6.43. The third-order valence-corrected chi connectivity index (χ3v) is 3.24. The van der Waals surface area contributed by atoms with Gasteiger partial charge < -0.3 is 11.1 Å². The van der Waals surface area contributed by atoms with Gasteiger partial charge in [-0.05, 0) is 24.3 Å². The Morgan fingerprint density at radius 1 is 1.55 bits per heavy atom. The summed E-state index contributed by atoms with van der Waals surface area (Å²) in [7, 11) is 0. The number of alkyl halides is 1. The molecule has 0 aliphatic carbocycles. The first-order valence-corrected chi connectivity index (χ1v) is 6.67. The normalized spacial score (nSPS) is 12.2. The van der Waals surface area contributed by atoms with E-state index in [0.717, 1.165) is 12.1 Å². The number of hydrogen-bond donors (Lipinski definition) is 2. The number of nitrogens with zero attached hydrogens (tertiary/aromatic N) is 2. The lowest BCUT2D eigenvalue weighted by molar-refractivity contribution is -0.387. The van der Waals surface area contributed by atoms with Gasteiger partial charge in [-0.3, -0.25) is 14.9 Å². The zero-order valence-corrected chi connectivity index (χ0v) is 11.8. The highest BCUT2D eigenvalue weighted by atomic mass is 32.2. The molecule has 0 spiro atoms. The van der Waals surface area contributed by atoms with E-state index in [2.05, 4.69) is 10.3 Å². The molecule has 3 N–H and O–H groups in total. The molecule has 1 aromatic heterocycles. The van der Waals surface area contributed by atoms with Crippen molar-refractivity contribution in [2.45, 2.75) is 4.90 Å². The lowest BCUT2D eigenvalue weighted by atomic mass is 10.2. The standard InChI is InChI=1S/C13H11FN4O3S/c14-7-22-11-6-8(3-4-10(11)18(20)21)17-13(19)12-9(15)2-1-5-16-12/h1-6H,7,15H2,(H,17,19)/i7D2. The molecular formula is C13H11FN4O3S. The number of pyridine rings is 1. The van der Waals surface area contributed by atoms with Gasteiger partial charge in [0.2, 0.25) is 0 Å². The second-order valence-electron chi connectivity index (χ2n) is 4.01. The van der Waals surface area contributed by atoms with Crippen molar-refractivity contribution in [2.75, 3.05) is 17.0 Å². The highest BCUT2D eigenvalue weighted by Crippen LogP contribution is 2.32. The summed E-state index contributed by atoms with van der Waals surface area (Å²) in [5.41, 5.74) is 5.38. The Labute approximate surface area is 131 Å². The maximum atomic E-state index is 13.2. The number of hydrogen-bond acceptors (Lipinski definition) is 6. The molecule has 0 fully saturated rings. The maximum Gasteiger partial charge on any atom is 0.283 e. The number of carbonyl (C=O) groups is 1. The van der Waals surface area contributed by atoms with E-state index in [9.17, 15) is 19.3 Å². The van der Waals surface area contributed by atoms with Gasteiger partial charge in [-0.25, -0.2) is 9.37 Å². The zero-order chi connectivity index (χ0) is 17.9. The Balaban J connectivity index is 2.31. The Bertz CT molecular complexity index is 801. The monoisotopic (exact) mass is 324 g/mol. The quantitative estimate of drug-likeness (QED) is 0.497. The van der Waals surface area contributed by atoms with Crippen molar-refractivity contribution in [2.24, 2.45) is 0 Å². The van der Waals surface area contributed by atoms with Crippen molar-refractivity contribution in [1.82, 2.24) is 4.98 Å².